The first kappa shape index (κ1) is 56.5. The Morgan fingerprint density at radius 3 is 1.68 bits per heavy atom. The molecule has 7 N–H and O–H groups in total. The average molecular weight is 967 g/mol. The zero-order valence-electron chi connectivity index (χ0n) is 37.8. The first-order valence-corrected chi connectivity index (χ1v) is 22.2. The van der Waals surface area contributed by atoms with Gasteiger partial charge in [-0.05, 0) is 102 Å². The predicted molar refractivity (Wildman–Crippen MR) is 243 cm³/mol. The third-order valence-electron chi connectivity index (χ3n) is 8.84. The topological polar surface area (TPSA) is 286 Å². The van der Waals surface area contributed by atoms with Crippen LogP contribution in [-0.4, -0.2) is 144 Å². The van der Waals surface area contributed by atoms with E-state index in [2.05, 4.69) is 75.7 Å². The Kier molecular flexibility index (Phi) is 25.0. The summed E-state index contributed by atoms with van der Waals surface area (Å²) in [5.41, 5.74) is 1.93. The maximum absolute atomic E-state index is 12.6. The summed E-state index contributed by atoms with van der Waals surface area (Å²) in [6.45, 7) is 2.74. The number of nitrogens with zero attached hydrogens (tertiary/aromatic N) is 9. The summed E-state index contributed by atoms with van der Waals surface area (Å²) in [4.78, 5) is 32.5. The summed E-state index contributed by atoms with van der Waals surface area (Å²) in [5, 5.41) is 49.4. The van der Waals surface area contributed by atoms with Crippen molar-refractivity contribution in [2.45, 2.75) is 22.6 Å². The molecule has 0 saturated heterocycles. The van der Waals surface area contributed by atoms with Gasteiger partial charge in [-0.25, -0.2) is 8.42 Å². The molecule has 66 heavy (non-hydrogen) atoms. The van der Waals surface area contributed by atoms with Crippen LogP contribution < -0.4 is 95.9 Å². The Bertz CT molecular complexity index is 2390. The Hall–Kier alpha value is -3.80. The third kappa shape index (κ3) is 19.1. The number of anilines is 9. The molecule has 0 atom stereocenters. The zero-order valence-corrected chi connectivity index (χ0v) is 43.4. The van der Waals surface area contributed by atoms with Crippen molar-refractivity contribution in [1.82, 2.24) is 39.7 Å². The third-order valence-corrected chi connectivity index (χ3v) is 10.4. The zero-order chi connectivity index (χ0) is 45.9. The summed E-state index contributed by atoms with van der Waals surface area (Å²) in [7, 11) is 2.89. The minimum Gasteiger partial charge on any atom is -0.744 e. The van der Waals surface area contributed by atoms with Crippen molar-refractivity contribution in [3.8, 4) is 0 Å². The molecule has 0 spiro atoms. The van der Waals surface area contributed by atoms with E-state index in [0.717, 1.165) is 31.6 Å². The number of benzene rings is 3. The van der Waals surface area contributed by atoms with Crippen LogP contribution in [0.4, 0.5) is 52.8 Å². The molecule has 22 nitrogen and oxygen atoms in total. The molecule has 2 heterocycles. The molecule has 0 aliphatic carbocycles. The second-order valence-corrected chi connectivity index (χ2v) is 16.5. The van der Waals surface area contributed by atoms with E-state index in [1.54, 1.807) is 29.2 Å². The van der Waals surface area contributed by atoms with Crippen LogP contribution in [0.5, 0.6) is 0 Å². The van der Waals surface area contributed by atoms with Crippen molar-refractivity contribution in [3.63, 3.8) is 0 Å². The molecule has 0 aliphatic heterocycles. The van der Waals surface area contributed by atoms with Gasteiger partial charge < -0.3 is 61.3 Å². The summed E-state index contributed by atoms with van der Waals surface area (Å²) in [5.74, 6) is 1.20. The Labute approximate surface area is 432 Å². The van der Waals surface area contributed by atoms with E-state index in [1.807, 2.05) is 58.5 Å². The summed E-state index contributed by atoms with van der Waals surface area (Å²) in [6.07, 6.45) is 4.60. The molecule has 0 fully saturated rings. The smallest absolute Gasteiger partial charge is 0.744 e. The van der Waals surface area contributed by atoms with E-state index < -0.39 is 15.0 Å². The number of para-hydroxylation sites is 1. The molecule has 26 heteroatoms. The van der Waals surface area contributed by atoms with Crippen LogP contribution in [0.2, 0.25) is 0 Å². The minimum absolute atomic E-state index is 0. The number of nitrogens with one attached hydrogen (secondary N) is 5. The largest absolute Gasteiger partial charge is 1.00 e. The van der Waals surface area contributed by atoms with Gasteiger partial charge in [-0.2, -0.15) is 34.2 Å². The van der Waals surface area contributed by atoms with Crippen LogP contribution in [0.25, 0.3) is 12.2 Å². The molecule has 5 aromatic rings. The molecule has 0 radical (unpaired) electrons. The average Bonchev–Trinajstić information content (AvgIpc) is 3.25. The molecule has 0 amide bonds. The molecule has 2 aromatic heterocycles. The van der Waals surface area contributed by atoms with Crippen molar-refractivity contribution < 1.29 is 96.9 Å². The fourth-order valence-electron chi connectivity index (χ4n) is 5.88. The first-order valence-electron chi connectivity index (χ1n) is 20.0. The molecular formula is C40H52N14Na2O8S2. The van der Waals surface area contributed by atoms with E-state index in [9.17, 15) is 28.4 Å². The summed E-state index contributed by atoms with van der Waals surface area (Å²) < 4.78 is 42.6. The fourth-order valence-corrected chi connectivity index (χ4v) is 7.08. The van der Waals surface area contributed by atoms with Gasteiger partial charge in [-0.1, -0.05) is 42.5 Å². The van der Waals surface area contributed by atoms with E-state index in [-0.39, 0.29) is 132 Å². The van der Waals surface area contributed by atoms with Crippen LogP contribution in [0, 0.1) is 0 Å². The van der Waals surface area contributed by atoms with Crippen molar-refractivity contribution >= 4 is 87.1 Å². The van der Waals surface area contributed by atoms with E-state index >= 15 is 0 Å². The standard InChI is InChI=1S/C40H54N14O8S2.2Na/c1-52(2)20-8-18-41-35-46-37(43-30-10-6-5-7-11-30)49-38(47-35)45-32-17-15-29(34(27-32)64(58,59)60)13-12-28-14-16-31(26-33(28)63-62-61-57)44-39-48-36(42-19-9-21-53(3)4)50-40(51-39)54(22-24-55)23-25-56;;/h5-7,10-17,26-27,55-57H,8-9,18-25H2,1-4H3,(H,58,59,60)(H2,42,44,48,50,51)(H3,41,43,45,46,47,49);;/q;2*+1/p-2/b13-12+;;. The Morgan fingerprint density at radius 2 is 1.14 bits per heavy atom. The van der Waals surface area contributed by atoms with Gasteiger partial charge >= 0.3 is 59.1 Å². The number of aliphatic hydroxyl groups is 2. The molecule has 3 aromatic carbocycles. The monoisotopic (exact) mass is 966 g/mol. The normalized spacial score (nSPS) is 11.3. The van der Waals surface area contributed by atoms with Gasteiger partial charge in [0.25, 0.3) is 0 Å². The molecule has 0 aliphatic rings. The minimum atomic E-state index is -5.01. The van der Waals surface area contributed by atoms with E-state index in [4.69, 9.17) is 0 Å². The Balaban J connectivity index is 0.00000578. The number of hydrogen-bond acceptors (Lipinski definition) is 23. The Morgan fingerprint density at radius 1 is 0.652 bits per heavy atom. The first-order chi connectivity index (χ1) is 30.8. The number of aromatic nitrogens is 6. The van der Waals surface area contributed by atoms with Crippen LogP contribution in [0.15, 0.2) is 76.5 Å². The fraction of sp³-hybridized carbons (Fsp3) is 0.350. The van der Waals surface area contributed by atoms with Gasteiger partial charge in [-0.3, -0.25) is 5.04 Å². The van der Waals surface area contributed by atoms with Gasteiger partial charge in [0.15, 0.2) is 0 Å². The molecule has 0 bridgehead atoms. The van der Waals surface area contributed by atoms with Crippen LogP contribution in [0.1, 0.15) is 24.0 Å². The van der Waals surface area contributed by atoms with Crippen molar-refractivity contribution in [1.29, 1.82) is 0 Å². The van der Waals surface area contributed by atoms with Gasteiger partial charge in [0.05, 0.1) is 30.2 Å². The molecule has 344 valence electrons. The molecular weight excluding hydrogens is 915 g/mol. The summed E-state index contributed by atoms with van der Waals surface area (Å²) >= 11 is 0.590. The van der Waals surface area contributed by atoms with Gasteiger partial charge in [-0.15, -0.1) is 0 Å². The van der Waals surface area contributed by atoms with E-state index in [0.29, 0.717) is 41.3 Å². The van der Waals surface area contributed by atoms with Crippen LogP contribution >= 0.6 is 12.0 Å². The van der Waals surface area contributed by atoms with Gasteiger partial charge in [0.1, 0.15) is 10.1 Å². The SMILES string of the molecule is CN(C)CCCNc1nc(Nc2ccccc2)nc(Nc2ccc(/C=C/c3ccc(Nc4nc(NCCCN(C)C)nc(N(CCO)CCO)n4)cc3SOO[O-])c(S(=O)(=O)[O-])c2)n1.[Na+].[Na+]. The summed E-state index contributed by atoms with van der Waals surface area (Å²) in [6, 6.07) is 18.4. The van der Waals surface area contributed by atoms with Crippen LogP contribution in [-0.2, 0) is 19.5 Å². The van der Waals surface area contributed by atoms with Crippen molar-refractivity contribution in [3.05, 3.63) is 77.9 Å². The van der Waals surface area contributed by atoms with E-state index in [1.165, 1.54) is 24.3 Å². The number of hydrogen-bond donors (Lipinski definition) is 7. The second-order valence-electron chi connectivity index (χ2n) is 14.4. The number of rotatable bonds is 27. The van der Waals surface area contributed by atoms with Crippen LogP contribution in [0.3, 0.4) is 0 Å². The molecule has 5 rings (SSSR count). The van der Waals surface area contributed by atoms with Gasteiger partial charge in [0, 0.05) is 48.1 Å². The number of aliphatic hydroxyl groups excluding tert-OH is 2. The molecule has 0 saturated carbocycles. The quantitative estimate of drug-likeness (QED) is 0.00529. The van der Waals surface area contributed by atoms with Crippen molar-refractivity contribution in [2.75, 3.05) is 112 Å². The second kappa shape index (κ2) is 29.2. The molecule has 0 unspecified atom stereocenters. The van der Waals surface area contributed by atoms with Gasteiger partial charge in [0.2, 0.25) is 35.7 Å². The van der Waals surface area contributed by atoms with Crippen molar-refractivity contribution in [2.24, 2.45) is 0 Å². The maximum Gasteiger partial charge on any atom is 1.00 e. The predicted octanol–water partition coefficient (Wildman–Crippen LogP) is -2.88. The maximum atomic E-state index is 12.6.